The standard InChI is InChI=1S/C22H34N6O2.HI/c1-17(20-8-6-5-7-9-20)24-22(23-14-21-26-25-18(2)27(21)3)28-11-10-19(15-28)16-30-13-12-29-4;/h5-9,17,19H,10-16H2,1-4H3,(H,23,24);1H. The van der Waals surface area contributed by atoms with Crippen LogP contribution in [0.4, 0.5) is 0 Å². The number of aromatic nitrogens is 3. The van der Waals surface area contributed by atoms with E-state index < -0.39 is 0 Å². The molecule has 1 aliphatic heterocycles. The molecule has 2 heterocycles. The van der Waals surface area contributed by atoms with Crippen LogP contribution in [-0.2, 0) is 23.1 Å². The van der Waals surface area contributed by atoms with E-state index in [0.29, 0.717) is 25.7 Å². The van der Waals surface area contributed by atoms with Gasteiger partial charge in [-0.2, -0.15) is 0 Å². The number of hydrogen-bond donors (Lipinski definition) is 1. The van der Waals surface area contributed by atoms with Gasteiger partial charge in [0.2, 0.25) is 0 Å². The number of hydrogen-bond acceptors (Lipinski definition) is 5. The molecule has 1 N–H and O–H groups in total. The quantitative estimate of drug-likeness (QED) is 0.227. The van der Waals surface area contributed by atoms with Gasteiger partial charge in [0.1, 0.15) is 12.4 Å². The summed E-state index contributed by atoms with van der Waals surface area (Å²) in [4.78, 5) is 7.23. The first-order chi connectivity index (χ1) is 14.6. The molecule has 31 heavy (non-hydrogen) atoms. The third-order valence-electron chi connectivity index (χ3n) is 5.57. The maximum atomic E-state index is 5.75. The topological polar surface area (TPSA) is 76.8 Å². The fourth-order valence-electron chi connectivity index (χ4n) is 3.54. The Balaban J connectivity index is 0.00000341. The number of aryl methyl sites for hydroxylation is 1. The lowest BCUT2D eigenvalue weighted by molar-refractivity contribution is 0.0536. The van der Waals surface area contributed by atoms with Gasteiger partial charge in [-0.25, -0.2) is 4.99 Å². The predicted octanol–water partition coefficient (Wildman–Crippen LogP) is 2.93. The SMILES string of the molecule is COCCOCC1CCN(C(=NCc2nnc(C)n2C)NC(C)c2ccccc2)C1.I. The van der Waals surface area contributed by atoms with Gasteiger partial charge in [-0.1, -0.05) is 30.3 Å². The third kappa shape index (κ3) is 7.43. The van der Waals surface area contributed by atoms with Crippen LogP contribution in [0.2, 0.25) is 0 Å². The predicted molar refractivity (Wildman–Crippen MR) is 133 cm³/mol. The van der Waals surface area contributed by atoms with Crippen molar-refractivity contribution >= 4 is 29.9 Å². The molecule has 1 saturated heterocycles. The van der Waals surface area contributed by atoms with Crippen molar-refractivity contribution in [2.45, 2.75) is 32.9 Å². The summed E-state index contributed by atoms with van der Waals surface area (Å²) in [5, 5.41) is 12.0. The van der Waals surface area contributed by atoms with Crippen LogP contribution in [0.1, 0.15) is 36.6 Å². The Kier molecular flexibility index (Phi) is 10.7. The largest absolute Gasteiger partial charge is 0.382 e. The van der Waals surface area contributed by atoms with Gasteiger partial charge in [0.05, 0.1) is 25.9 Å². The van der Waals surface area contributed by atoms with E-state index in [0.717, 1.165) is 43.7 Å². The molecule has 1 aliphatic rings. The Bertz CT molecular complexity index is 814. The number of guanidine groups is 1. The summed E-state index contributed by atoms with van der Waals surface area (Å²) in [5.41, 5.74) is 1.23. The Labute approximate surface area is 202 Å². The van der Waals surface area contributed by atoms with Crippen LogP contribution < -0.4 is 5.32 Å². The van der Waals surface area contributed by atoms with Gasteiger partial charge < -0.3 is 24.3 Å². The average Bonchev–Trinajstić information content (AvgIpc) is 3.36. The van der Waals surface area contributed by atoms with Crippen LogP contribution >= 0.6 is 24.0 Å². The van der Waals surface area contributed by atoms with Crippen molar-refractivity contribution in [2.24, 2.45) is 18.0 Å². The molecule has 8 nitrogen and oxygen atoms in total. The van der Waals surface area contributed by atoms with E-state index in [2.05, 4.69) is 51.6 Å². The van der Waals surface area contributed by atoms with Gasteiger partial charge in [-0.05, 0) is 25.8 Å². The number of likely N-dealkylation sites (tertiary alicyclic amines) is 1. The van der Waals surface area contributed by atoms with Crippen LogP contribution in [0.15, 0.2) is 35.3 Å². The summed E-state index contributed by atoms with van der Waals surface area (Å²) in [6, 6.07) is 10.6. The van der Waals surface area contributed by atoms with Crippen LogP contribution in [-0.4, -0.2) is 65.6 Å². The summed E-state index contributed by atoms with van der Waals surface area (Å²) < 4.78 is 12.8. The summed E-state index contributed by atoms with van der Waals surface area (Å²) in [6.07, 6.45) is 1.09. The molecule has 0 aliphatic carbocycles. The fraction of sp³-hybridized carbons (Fsp3) is 0.591. The molecular formula is C22H35IN6O2. The second-order valence-corrected chi connectivity index (χ2v) is 7.81. The monoisotopic (exact) mass is 542 g/mol. The Hall–Kier alpha value is -1.72. The van der Waals surface area contributed by atoms with Gasteiger partial charge in [-0.3, -0.25) is 0 Å². The van der Waals surface area contributed by atoms with Crippen molar-refractivity contribution in [3.63, 3.8) is 0 Å². The highest BCUT2D eigenvalue weighted by Gasteiger charge is 2.26. The summed E-state index contributed by atoms with van der Waals surface area (Å²) in [6.45, 7) is 8.53. The maximum absolute atomic E-state index is 5.75. The zero-order chi connectivity index (χ0) is 21.3. The molecule has 1 aromatic carbocycles. The summed E-state index contributed by atoms with van der Waals surface area (Å²) in [7, 11) is 3.67. The van der Waals surface area contributed by atoms with Crippen molar-refractivity contribution in [1.29, 1.82) is 0 Å². The highest BCUT2D eigenvalue weighted by atomic mass is 127. The fourth-order valence-corrected chi connectivity index (χ4v) is 3.54. The lowest BCUT2D eigenvalue weighted by Crippen LogP contribution is -2.41. The number of methoxy groups -OCH3 is 1. The lowest BCUT2D eigenvalue weighted by atomic mass is 10.1. The van der Waals surface area contributed by atoms with E-state index >= 15 is 0 Å². The lowest BCUT2D eigenvalue weighted by Gasteiger charge is -2.25. The number of nitrogens with one attached hydrogen (secondary N) is 1. The van der Waals surface area contributed by atoms with E-state index in [4.69, 9.17) is 14.5 Å². The van der Waals surface area contributed by atoms with Gasteiger partial charge in [0, 0.05) is 33.2 Å². The Morgan fingerprint density at radius 2 is 2.03 bits per heavy atom. The molecule has 1 fully saturated rings. The zero-order valence-electron chi connectivity index (χ0n) is 19.0. The van der Waals surface area contributed by atoms with Gasteiger partial charge >= 0.3 is 0 Å². The van der Waals surface area contributed by atoms with Gasteiger partial charge in [-0.15, -0.1) is 34.2 Å². The van der Waals surface area contributed by atoms with Crippen LogP contribution in [0.3, 0.4) is 0 Å². The number of rotatable bonds is 9. The molecule has 0 radical (unpaired) electrons. The zero-order valence-corrected chi connectivity index (χ0v) is 21.3. The minimum absolute atomic E-state index is 0. The van der Waals surface area contributed by atoms with Crippen molar-refractivity contribution < 1.29 is 9.47 Å². The number of halogens is 1. The van der Waals surface area contributed by atoms with Crippen molar-refractivity contribution in [3.05, 3.63) is 47.5 Å². The van der Waals surface area contributed by atoms with Gasteiger partial charge in [0.25, 0.3) is 0 Å². The maximum Gasteiger partial charge on any atom is 0.194 e. The summed E-state index contributed by atoms with van der Waals surface area (Å²) >= 11 is 0. The first kappa shape index (κ1) is 25.5. The van der Waals surface area contributed by atoms with Crippen LogP contribution in [0, 0.1) is 12.8 Å². The van der Waals surface area contributed by atoms with Crippen LogP contribution in [0.5, 0.6) is 0 Å². The summed E-state index contributed by atoms with van der Waals surface area (Å²) in [5.74, 6) is 3.16. The van der Waals surface area contributed by atoms with E-state index in [1.807, 2.05) is 24.6 Å². The van der Waals surface area contributed by atoms with Gasteiger partial charge in [0.15, 0.2) is 11.8 Å². The number of aliphatic imine (C=N–C) groups is 1. The number of benzene rings is 1. The van der Waals surface area contributed by atoms with Crippen molar-refractivity contribution in [3.8, 4) is 0 Å². The van der Waals surface area contributed by atoms with Crippen molar-refractivity contribution in [1.82, 2.24) is 25.0 Å². The second-order valence-electron chi connectivity index (χ2n) is 7.81. The van der Waals surface area contributed by atoms with E-state index in [9.17, 15) is 0 Å². The molecule has 0 amide bonds. The smallest absolute Gasteiger partial charge is 0.194 e. The highest BCUT2D eigenvalue weighted by molar-refractivity contribution is 14.0. The third-order valence-corrected chi connectivity index (χ3v) is 5.57. The van der Waals surface area contributed by atoms with Crippen LogP contribution in [0.25, 0.3) is 0 Å². The normalized spacial score (nSPS) is 17.5. The van der Waals surface area contributed by atoms with E-state index in [-0.39, 0.29) is 30.0 Å². The molecule has 172 valence electrons. The Morgan fingerprint density at radius 1 is 1.26 bits per heavy atom. The molecule has 0 saturated carbocycles. The number of nitrogens with zero attached hydrogens (tertiary/aromatic N) is 5. The molecule has 2 unspecified atom stereocenters. The molecule has 1 aromatic heterocycles. The first-order valence-corrected chi connectivity index (χ1v) is 10.6. The molecule has 2 atom stereocenters. The molecule has 0 bridgehead atoms. The van der Waals surface area contributed by atoms with E-state index in [1.54, 1.807) is 7.11 Å². The highest BCUT2D eigenvalue weighted by Crippen LogP contribution is 2.19. The molecule has 9 heteroatoms. The van der Waals surface area contributed by atoms with E-state index in [1.165, 1.54) is 5.56 Å². The minimum atomic E-state index is 0. The second kappa shape index (κ2) is 13.0. The van der Waals surface area contributed by atoms with Crippen molar-refractivity contribution in [2.75, 3.05) is 40.0 Å². The minimum Gasteiger partial charge on any atom is -0.382 e. The average molecular weight is 542 g/mol. The molecular weight excluding hydrogens is 507 g/mol. The molecule has 2 aromatic rings. The Morgan fingerprint density at radius 3 is 2.71 bits per heavy atom. The molecule has 0 spiro atoms. The molecule has 3 rings (SSSR count). The number of ether oxygens (including phenoxy) is 2. The first-order valence-electron chi connectivity index (χ1n) is 10.6.